The largest absolute Gasteiger partial charge is 0.496 e. The summed E-state index contributed by atoms with van der Waals surface area (Å²) >= 11 is 0. The van der Waals surface area contributed by atoms with Crippen LogP contribution >= 0.6 is 0 Å². The van der Waals surface area contributed by atoms with Gasteiger partial charge in [-0.25, -0.2) is 0 Å². The summed E-state index contributed by atoms with van der Waals surface area (Å²) in [5, 5.41) is 0. The molecule has 6 heteroatoms. The van der Waals surface area contributed by atoms with Gasteiger partial charge in [0, 0.05) is 11.5 Å². The van der Waals surface area contributed by atoms with E-state index < -0.39 is 23.8 Å². The van der Waals surface area contributed by atoms with Crippen molar-refractivity contribution in [3.05, 3.63) is 35.9 Å². The predicted molar refractivity (Wildman–Crippen MR) is 103 cm³/mol. The third-order valence-corrected chi connectivity index (χ3v) is 4.53. The SMILES string of the molecule is C=C[C@@H](c1c(OC)cc(CCCCC)cc1OC)C(C(=O)OC)C(=O)OC. The van der Waals surface area contributed by atoms with Crippen LogP contribution in [-0.2, 0) is 25.5 Å². The molecular weight excluding hydrogens is 348 g/mol. The fraction of sp³-hybridized carbons (Fsp3) is 0.524. The average molecular weight is 378 g/mol. The van der Waals surface area contributed by atoms with Crippen molar-refractivity contribution in [1.29, 1.82) is 0 Å². The van der Waals surface area contributed by atoms with E-state index in [1.165, 1.54) is 20.3 Å². The third kappa shape index (κ3) is 5.49. The number of aryl methyl sites for hydroxylation is 1. The number of allylic oxidation sites excluding steroid dienone is 1. The Morgan fingerprint density at radius 1 is 1.00 bits per heavy atom. The maximum Gasteiger partial charge on any atom is 0.321 e. The lowest BCUT2D eigenvalue weighted by molar-refractivity contribution is -0.159. The molecule has 0 amide bonds. The van der Waals surface area contributed by atoms with Crippen LogP contribution in [0.15, 0.2) is 24.8 Å². The molecule has 150 valence electrons. The summed E-state index contributed by atoms with van der Waals surface area (Å²) in [6.07, 6.45) is 5.71. The van der Waals surface area contributed by atoms with Gasteiger partial charge in [0.05, 0.1) is 28.4 Å². The number of hydrogen-bond donors (Lipinski definition) is 0. The van der Waals surface area contributed by atoms with E-state index in [0.29, 0.717) is 17.1 Å². The molecule has 27 heavy (non-hydrogen) atoms. The number of unbranched alkanes of at least 4 members (excludes halogenated alkanes) is 2. The van der Waals surface area contributed by atoms with Gasteiger partial charge in [-0.15, -0.1) is 6.58 Å². The van der Waals surface area contributed by atoms with Gasteiger partial charge >= 0.3 is 11.9 Å². The molecular formula is C21H30O6. The first-order valence-electron chi connectivity index (χ1n) is 9.01. The molecule has 0 unspecified atom stereocenters. The van der Waals surface area contributed by atoms with Gasteiger partial charge in [0.15, 0.2) is 5.92 Å². The van der Waals surface area contributed by atoms with Gasteiger partial charge in [-0.1, -0.05) is 25.8 Å². The molecule has 0 radical (unpaired) electrons. The number of carbonyl (C=O) groups is 2. The lowest BCUT2D eigenvalue weighted by Gasteiger charge is -2.25. The molecule has 0 saturated heterocycles. The molecule has 0 N–H and O–H groups in total. The summed E-state index contributed by atoms with van der Waals surface area (Å²) in [4.78, 5) is 24.5. The fourth-order valence-corrected chi connectivity index (χ4v) is 3.11. The van der Waals surface area contributed by atoms with Crippen molar-refractivity contribution in [3.8, 4) is 11.5 Å². The van der Waals surface area contributed by atoms with Gasteiger partial charge in [-0.2, -0.15) is 0 Å². The molecule has 0 aliphatic rings. The number of ether oxygens (including phenoxy) is 4. The van der Waals surface area contributed by atoms with E-state index in [1.54, 1.807) is 14.2 Å². The predicted octanol–water partition coefficient (Wildman–Crippen LogP) is 3.67. The van der Waals surface area contributed by atoms with Gasteiger partial charge in [0.1, 0.15) is 11.5 Å². The minimum absolute atomic E-state index is 0.531. The lowest BCUT2D eigenvalue weighted by atomic mass is 9.84. The number of methoxy groups -OCH3 is 4. The van der Waals surface area contributed by atoms with E-state index in [4.69, 9.17) is 18.9 Å². The number of esters is 2. The molecule has 1 aromatic rings. The smallest absolute Gasteiger partial charge is 0.321 e. The van der Waals surface area contributed by atoms with Crippen LogP contribution in [0.25, 0.3) is 0 Å². The number of carbonyl (C=O) groups excluding carboxylic acids is 2. The van der Waals surface area contributed by atoms with E-state index in [1.807, 2.05) is 12.1 Å². The molecule has 0 bridgehead atoms. The zero-order chi connectivity index (χ0) is 20.4. The summed E-state index contributed by atoms with van der Waals surface area (Å²) in [7, 11) is 5.53. The van der Waals surface area contributed by atoms with Crippen LogP contribution in [0.5, 0.6) is 11.5 Å². The Hall–Kier alpha value is -2.50. The standard InChI is InChI=1S/C21H30O6/c1-7-9-10-11-14-12-16(24-3)18(17(13-14)25-4)15(8-2)19(20(22)26-5)21(23)27-6/h8,12-13,15,19H,2,7,9-11H2,1,3-6H3/t15-/m0/s1. The average Bonchev–Trinajstić information content (AvgIpc) is 2.70. The van der Waals surface area contributed by atoms with E-state index >= 15 is 0 Å². The Morgan fingerprint density at radius 3 is 1.89 bits per heavy atom. The highest BCUT2D eigenvalue weighted by Gasteiger charge is 2.39. The first-order chi connectivity index (χ1) is 13.0. The van der Waals surface area contributed by atoms with Gasteiger partial charge in [-0.05, 0) is 30.5 Å². The second-order valence-electron chi connectivity index (χ2n) is 6.16. The monoisotopic (exact) mass is 378 g/mol. The molecule has 6 nitrogen and oxygen atoms in total. The van der Waals surface area contributed by atoms with Crippen LogP contribution in [0.2, 0.25) is 0 Å². The Morgan fingerprint density at radius 2 is 1.52 bits per heavy atom. The summed E-state index contributed by atoms with van der Waals surface area (Å²) < 4.78 is 20.7. The van der Waals surface area contributed by atoms with Crippen molar-refractivity contribution in [3.63, 3.8) is 0 Å². The number of rotatable bonds is 11. The molecule has 1 atom stereocenters. The highest BCUT2D eigenvalue weighted by atomic mass is 16.5. The second-order valence-corrected chi connectivity index (χ2v) is 6.16. The molecule has 1 aromatic carbocycles. The molecule has 0 spiro atoms. The minimum atomic E-state index is -1.20. The molecule has 0 aromatic heterocycles. The summed E-state index contributed by atoms with van der Waals surface area (Å²) in [5.74, 6) is -2.27. The van der Waals surface area contributed by atoms with Gasteiger partial charge in [0.2, 0.25) is 0 Å². The van der Waals surface area contributed by atoms with E-state index in [0.717, 1.165) is 31.2 Å². The quantitative estimate of drug-likeness (QED) is 0.253. The molecule has 0 aliphatic carbocycles. The van der Waals surface area contributed by atoms with Gasteiger partial charge in [-0.3, -0.25) is 9.59 Å². The zero-order valence-electron chi connectivity index (χ0n) is 16.9. The van der Waals surface area contributed by atoms with E-state index in [2.05, 4.69) is 13.5 Å². The molecule has 0 fully saturated rings. The first-order valence-corrected chi connectivity index (χ1v) is 9.01. The van der Waals surface area contributed by atoms with Crippen LogP contribution < -0.4 is 9.47 Å². The van der Waals surface area contributed by atoms with Crippen LogP contribution in [0.1, 0.15) is 43.2 Å². The van der Waals surface area contributed by atoms with Crippen LogP contribution in [0.4, 0.5) is 0 Å². The van der Waals surface area contributed by atoms with Crippen LogP contribution in [0, 0.1) is 5.92 Å². The number of benzene rings is 1. The molecule has 0 aliphatic heterocycles. The van der Waals surface area contributed by atoms with Crippen molar-refractivity contribution in [2.75, 3.05) is 28.4 Å². The third-order valence-electron chi connectivity index (χ3n) is 4.53. The maximum absolute atomic E-state index is 12.3. The Bertz CT molecular complexity index is 611. The Kier molecular flexibility index (Phi) is 9.40. The van der Waals surface area contributed by atoms with E-state index in [9.17, 15) is 9.59 Å². The zero-order valence-corrected chi connectivity index (χ0v) is 16.9. The molecule has 0 saturated carbocycles. The van der Waals surface area contributed by atoms with E-state index in [-0.39, 0.29) is 0 Å². The van der Waals surface area contributed by atoms with Crippen LogP contribution in [0.3, 0.4) is 0 Å². The van der Waals surface area contributed by atoms with Crippen molar-refractivity contribution in [2.24, 2.45) is 5.92 Å². The Labute approximate surface area is 161 Å². The topological polar surface area (TPSA) is 71.1 Å². The first kappa shape index (κ1) is 22.5. The second kappa shape index (κ2) is 11.3. The van der Waals surface area contributed by atoms with Gasteiger partial charge < -0.3 is 18.9 Å². The van der Waals surface area contributed by atoms with Crippen molar-refractivity contribution >= 4 is 11.9 Å². The Balaban J connectivity index is 3.47. The fourth-order valence-electron chi connectivity index (χ4n) is 3.11. The maximum atomic E-state index is 12.3. The molecule has 0 heterocycles. The summed E-state index contributed by atoms with van der Waals surface area (Å²) in [6, 6.07) is 3.82. The van der Waals surface area contributed by atoms with Crippen molar-refractivity contribution < 1.29 is 28.5 Å². The highest BCUT2D eigenvalue weighted by Crippen LogP contribution is 2.41. The number of hydrogen-bond acceptors (Lipinski definition) is 6. The lowest BCUT2D eigenvalue weighted by Crippen LogP contribution is -2.32. The highest BCUT2D eigenvalue weighted by molar-refractivity contribution is 5.96. The van der Waals surface area contributed by atoms with Crippen molar-refractivity contribution in [1.82, 2.24) is 0 Å². The minimum Gasteiger partial charge on any atom is -0.496 e. The molecule has 1 rings (SSSR count). The summed E-state index contributed by atoms with van der Waals surface area (Å²) in [6.45, 7) is 5.95. The summed E-state index contributed by atoms with van der Waals surface area (Å²) in [5.41, 5.74) is 1.63. The van der Waals surface area contributed by atoms with Gasteiger partial charge in [0.25, 0.3) is 0 Å². The van der Waals surface area contributed by atoms with Crippen LogP contribution in [-0.4, -0.2) is 40.4 Å². The van der Waals surface area contributed by atoms with Crippen molar-refractivity contribution in [2.45, 2.75) is 38.5 Å². The normalized spacial score (nSPS) is 11.6.